The number of aliphatic hydroxyl groups is 2. The summed E-state index contributed by atoms with van der Waals surface area (Å²) in [4.78, 5) is 13.5. The highest BCUT2D eigenvalue weighted by Gasteiger charge is 2.66. The van der Waals surface area contributed by atoms with Gasteiger partial charge in [-0.1, -0.05) is 32.4 Å². The third-order valence-electron chi connectivity index (χ3n) is 10.7. The lowest BCUT2D eigenvalue weighted by Gasteiger charge is -2.67. The van der Waals surface area contributed by atoms with Crippen LogP contribution < -0.4 is 5.32 Å². The second-order valence-electron chi connectivity index (χ2n) is 12.2. The third kappa shape index (κ3) is 4.26. The number of anilines is 1. The first-order valence-electron chi connectivity index (χ1n) is 13.5. The van der Waals surface area contributed by atoms with Crippen LogP contribution in [-0.2, 0) is 9.47 Å². The Bertz CT molecular complexity index is 973. The maximum absolute atomic E-state index is 13.5. The molecule has 6 nitrogen and oxygen atoms in total. The van der Waals surface area contributed by atoms with E-state index in [0.717, 1.165) is 32.1 Å². The Kier molecular flexibility index (Phi) is 7.76. The Morgan fingerprint density at radius 3 is 2.50 bits per heavy atom. The molecule has 0 amide bonds. The van der Waals surface area contributed by atoms with E-state index in [1.54, 1.807) is 32.4 Å². The quantitative estimate of drug-likeness (QED) is 0.426. The van der Waals surface area contributed by atoms with E-state index in [1.165, 1.54) is 0 Å². The summed E-state index contributed by atoms with van der Waals surface area (Å²) in [6.07, 6.45) is 4.40. The predicted octanol–water partition coefficient (Wildman–Crippen LogP) is 5.54. The van der Waals surface area contributed by atoms with Gasteiger partial charge in [0, 0.05) is 37.4 Å². The van der Waals surface area contributed by atoms with Crippen LogP contribution in [0.2, 0.25) is 5.02 Å². The lowest BCUT2D eigenvalue weighted by atomic mass is 9.39. The van der Waals surface area contributed by atoms with Gasteiger partial charge >= 0.3 is 5.97 Å². The Morgan fingerprint density at radius 2 is 1.86 bits per heavy atom. The molecule has 1 aromatic rings. The average Bonchev–Trinajstić information content (AvgIpc) is 2.84. The van der Waals surface area contributed by atoms with Crippen molar-refractivity contribution in [2.24, 2.45) is 34.5 Å². The molecule has 0 radical (unpaired) electrons. The van der Waals surface area contributed by atoms with Crippen molar-refractivity contribution in [3.63, 3.8) is 0 Å². The number of hydrogen-bond donors (Lipinski definition) is 3. The topological polar surface area (TPSA) is 88.0 Å². The van der Waals surface area contributed by atoms with Crippen molar-refractivity contribution in [1.82, 2.24) is 0 Å². The van der Waals surface area contributed by atoms with Crippen LogP contribution in [0.4, 0.5) is 5.69 Å². The highest BCUT2D eigenvalue weighted by Crippen LogP contribution is 2.68. The van der Waals surface area contributed by atoms with E-state index in [9.17, 15) is 15.0 Å². The Balaban J connectivity index is 1.71. The number of fused-ring (bicyclic) bond motifs is 3. The van der Waals surface area contributed by atoms with E-state index in [1.807, 2.05) is 6.92 Å². The average molecular weight is 522 g/mol. The predicted molar refractivity (Wildman–Crippen MR) is 142 cm³/mol. The standard InChI is InChI=1S/C29H44ClNO5/c1-17-20(11-14-32)27(2)12-9-23-28(3,24(27)16-22(17)35-6)13-10-25(33)29(23,4)36-26(34)19-15-18(30)7-8-21(19)31-5/h7-8,15,17,20,22-25,31-33H,9-14,16H2,1-6H3. The van der Waals surface area contributed by atoms with Gasteiger partial charge in [-0.15, -0.1) is 0 Å². The maximum atomic E-state index is 13.5. The largest absolute Gasteiger partial charge is 0.453 e. The molecule has 0 bridgehead atoms. The van der Waals surface area contributed by atoms with Crippen LogP contribution in [-0.4, -0.2) is 54.8 Å². The van der Waals surface area contributed by atoms with Crippen LogP contribution in [0.25, 0.3) is 0 Å². The summed E-state index contributed by atoms with van der Waals surface area (Å²) in [5.41, 5.74) is -0.0706. The molecule has 9 unspecified atom stereocenters. The Morgan fingerprint density at radius 1 is 1.17 bits per heavy atom. The van der Waals surface area contributed by atoms with Gasteiger partial charge in [0.25, 0.3) is 0 Å². The van der Waals surface area contributed by atoms with Crippen molar-refractivity contribution in [1.29, 1.82) is 0 Å². The summed E-state index contributed by atoms with van der Waals surface area (Å²) >= 11 is 6.21. The summed E-state index contributed by atoms with van der Waals surface area (Å²) in [7, 11) is 3.55. The summed E-state index contributed by atoms with van der Waals surface area (Å²) in [5, 5.41) is 24.8. The highest BCUT2D eigenvalue weighted by molar-refractivity contribution is 6.31. The number of ether oxygens (including phenoxy) is 2. The fraction of sp³-hybridized carbons (Fsp3) is 0.759. The van der Waals surface area contributed by atoms with Crippen LogP contribution in [0.1, 0.15) is 76.6 Å². The number of hydrogen-bond acceptors (Lipinski definition) is 6. The molecule has 202 valence electrons. The summed E-state index contributed by atoms with van der Waals surface area (Å²) in [6, 6.07) is 5.13. The van der Waals surface area contributed by atoms with Gasteiger partial charge in [0.2, 0.25) is 0 Å². The van der Waals surface area contributed by atoms with Gasteiger partial charge in [-0.2, -0.15) is 0 Å². The van der Waals surface area contributed by atoms with E-state index < -0.39 is 17.7 Å². The van der Waals surface area contributed by atoms with Crippen LogP contribution in [0.15, 0.2) is 18.2 Å². The smallest absolute Gasteiger partial charge is 0.340 e. The van der Waals surface area contributed by atoms with Crippen molar-refractivity contribution in [3.05, 3.63) is 28.8 Å². The number of carbonyl (C=O) groups is 1. The molecule has 4 rings (SSSR count). The van der Waals surface area contributed by atoms with Gasteiger partial charge in [0.15, 0.2) is 0 Å². The summed E-state index contributed by atoms with van der Waals surface area (Å²) < 4.78 is 12.3. The maximum Gasteiger partial charge on any atom is 0.340 e. The second kappa shape index (κ2) is 10.1. The van der Waals surface area contributed by atoms with Crippen LogP contribution >= 0.6 is 11.6 Å². The zero-order valence-electron chi connectivity index (χ0n) is 22.6. The molecule has 7 heteroatoms. The van der Waals surface area contributed by atoms with E-state index in [-0.39, 0.29) is 29.5 Å². The van der Waals surface area contributed by atoms with Crippen molar-refractivity contribution < 1.29 is 24.5 Å². The molecule has 1 aromatic carbocycles. The van der Waals surface area contributed by atoms with Crippen LogP contribution in [0, 0.1) is 34.5 Å². The molecule has 9 atom stereocenters. The third-order valence-corrected chi connectivity index (χ3v) is 11.0. The minimum absolute atomic E-state index is 0.00804. The number of nitrogens with one attached hydrogen (secondary N) is 1. The van der Waals surface area contributed by atoms with Crippen LogP contribution in [0.5, 0.6) is 0 Å². The van der Waals surface area contributed by atoms with Gasteiger partial charge in [0.05, 0.1) is 17.8 Å². The van der Waals surface area contributed by atoms with E-state index in [2.05, 4.69) is 26.1 Å². The first-order chi connectivity index (χ1) is 17.0. The lowest BCUT2D eigenvalue weighted by molar-refractivity contribution is -0.244. The van der Waals surface area contributed by atoms with Gasteiger partial charge in [-0.05, 0) is 92.2 Å². The molecule has 0 aromatic heterocycles. The summed E-state index contributed by atoms with van der Waals surface area (Å²) in [5.74, 6) is 0.602. The zero-order chi connectivity index (χ0) is 26.5. The number of benzene rings is 1. The minimum atomic E-state index is -1.02. The molecule has 0 heterocycles. The SMILES string of the molecule is CNc1ccc(Cl)cc1C(=O)OC1(C)C(O)CCC2(C)C3CC(OC)C(C)C(CCO)C3(C)CCC21. The first kappa shape index (κ1) is 27.7. The Hall–Kier alpha value is -1.34. The fourth-order valence-corrected chi connectivity index (χ4v) is 9.01. The zero-order valence-corrected chi connectivity index (χ0v) is 23.4. The number of halogens is 1. The second-order valence-corrected chi connectivity index (χ2v) is 12.6. The molecular formula is C29H44ClNO5. The summed E-state index contributed by atoms with van der Waals surface area (Å²) in [6.45, 7) is 9.12. The normalized spacial score (nSPS) is 42.2. The van der Waals surface area contributed by atoms with E-state index in [0.29, 0.717) is 40.4 Å². The van der Waals surface area contributed by atoms with Crippen molar-refractivity contribution in [3.8, 4) is 0 Å². The lowest BCUT2D eigenvalue weighted by Crippen LogP contribution is -2.67. The van der Waals surface area contributed by atoms with Gasteiger partial charge < -0.3 is 25.0 Å². The van der Waals surface area contributed by atoms with E-state index >= 15 is 0 Å². The van der Waals surface area contributed by atoms with Crippen LogP contribution in [0.3, 0.4) is 0 Å². The van der Waals surface area contributed by atoms with Gasteiger partial charge in [0.1, 0.15) is 5.60 Å². The van der Waals surface area contributed by atoms with Crippen molar-refractivity contribution >= 4 is 23.3 Å². The Labute approximate surface area is 221 Å². The fourth-order valence-electron chi connectivity index (χ4n) is 8.84. The molecule has 36 heavy (non-hydrogen) atoms. The molecule has 0 aliphatic heterocycles. The molecule has 3 saturated carbocycles. The van der Waals surface area contributed by atoms with Crippen molar-refractivity contribution in [2.75, 3.05) is 26.1 Å². The highest BCUT2D eigenvalue weighted by atomic mass is 35.5. The number of carbonyl (C=O) groups excluding carboxylic acids is 1. The van der Waals surface area contributed by atoms with E-state index in [4.69, 9.17) is 21.1 Å². The van der Waals surface area contributed by atoms with Gasteiger partial charge in [-0.25, -0.2) is 4.79 Å². The minimum Gasteiger partial charge on any atom is -0.453 e. The van der Waals surface area contributed by atoms with Gasteiger partial charge in [-0.3, -0.25) is 0 Å². The number of methoxy groups -OCH3 is 1. The number of esters is 1. The molecule has 0 saturated heterocycles. The first-order valence-corrected chi connectivity index (χ1v) is 13.9. The molecular weight excluding hydrogens is 478 g/mol. The number of aliphatic hydroxyl groups excluding tert-OH is 2. The molecule has 3 N–H and O–H groups in total. The molecule has 3 aliphatic carbocycles. The molecule has 3 fully saturated rings. The monoisotopic (exact) mass is 521 g/mol. The number of rotatable bonds is 6. The van der Waals surface area contributed by atoms with Crippen molar-refractivity contribution in [2.45, 2.75) is 84.0 Å². The molecule has 3 aliphatic rings. The molecule has 0 spiro atoms.